The van der Waals surface area contributed by atoms with Crippen molar-refractivity contribution in [2.45, 2.75) is 0 Å². The first-order chi connectivity index (χ1) is 9.47. The number of ketones is 1. The van der Waals surface area contributed by atoms with Crippen LogP contribution in [0.15, 0.2) is 40.9 Å². The predicted molar refractivity (Wildman–Crippen MR) is 70.3 cm³/mol. The molecule has 0 aliphatic rings. The maximum Gasteiger partial charge on any atom is 0.203 e. The van der Waals surface area contributed by atoms with Gasteiger partial charge in [-0.25, -0.2) is 13.2 Å². The molecule has 2 nitrogen and oxygen atoms in total. The van der Waals surface area contributed by atoms with Crippen LogP contribution in [-0.4, -0.2) is 12.4 Å². The smallest absolute Gasteiger partial charge is 0.203 e. The summed E-state index contributed by atoms with van der Waals surface area (Å²) in [5.74, 6) is -2.56. The van der Waals surface area contributed by atoms with Crippen LogP contribution >= 0.6 is 15.9 Å². The monoisotopic (exact) mass is 344 g/mol. The van der Waals surface area contributed by atoms with Gasteiger partial charge in [0.05, 0.1) is 10.0 Å². The summed E-state index contributed by atoms with van der Waals surface area (Å²) in [5.41, 5.74) is -0.260. The zero-order chi connectivity index (χ0) is 14.7. The molecule has 0 amide bonds. The van der Waals surface area contributed by atoms with Gasteiger partial charge in [0.2, 0.25) is 5.78 Å². The van der Waals surface area contributed by atoms with Crippen molar-refractivity contribution in [1.82, 2.24) is 0 Å². The molecule has 104 valence electrons. The van der Waals surface area contributed by atoms with Crippen molar-refractivity contribution >= 4 is 21.7 Å². The molecule has 0 unspecified atom stereocenters. The van der Waals surface area contributed by atoms with Crippen molar-refractivity contribution < 1.29 is 22.7 Å². The van der Waals surface area contributed by atoms with Crippen molar-refractivity contribution in [2.24, 2.45) is 0 Å². The lowest BCUT2D eigenvalue weighted by Crippen LogP contribution is -2.13. The van der Waals surface area contributed by atoms with Gasteiger partial charge in [-0.3, -0.25) is 4.79 Å². The molecule has 0 N–H and O–H groups in total. The number of carbonyl (C=O) groups excluding carboxylic acids is 1. The highest BCUT2D eigenvalue weighted by Gasteiger charge is 2.14. The average Bonchev–Trinajstić information content (AvgIpc) is 2.37. The average molecular weight is 345 g/mol. The van der Waals surface area contributed by atoms with Crippen LogP contribution in [0.4, 0.5) is 13.2 Å². The van der Waals surface area contributed by atoms with E-state index in [1.807, 2.05) is 0 Å². The molecular weight excluding hydrogens is 337 g/mol. The van der Waals surface area contributed by atoms with Crippen LogP contribution in [0.3, 0.4) is 0 Å². The first-order valence-corrected chi connectivity index (χ1v) is 6.33. The van der Waals surface area contributed by atoms with Crippen LogP contribution in [0.1, 0.15) is 10.4 Å². The Morgan fingerprint density at radius 1 is 1.05 bits per heavy atom. The molecule has 0 aliphatic carbocycles. The fraction of sp³-hybridized carbons (Fsp3) is 0.0714. The predicted octanol–water partition coefficient (Wildman–Crippen LogP) is 4.13. The summed E-state index contributed by atoms with van der Waals surface area (Å²) in [5, 5.41) is 0. The molecule has 0 aromatic heterocycles. The van der Waals surface area contributed by atoms with E-state index in [9.17, 15) is 18.0 Å². The van der Waals surface area contributed by atoms with Crippen LogP contribution in [0.25, 0.3) is 0 Å². The van der Waals surface area contributed by atoms with E-state index in [2.05, 4.69) is 15.9 Å². The van der Waals surface area contributed by atoms with Gasteiger partial charge in [-0.05, 0) is 46.3 Å². The number of hydrogen-bond acceptors (Lipinski definition) is 2. The number of rotatable bonds is 4. The molecule has 0 bridgehead atoms. The van der Waals surface area contributed by atoms with E-state index in [0.717, 1.165) is 12.1 Å². The molecule has 0 saturated carbocycles. The molecule has 0 fully saturated rings. The summed E-state index contributed by atoms with van der Waals surface area (Å²) in [6.45, 7) is -0.438. The number of halogens is 4. The van der Waals surface area contributed by atoms with Gasteiger partial charge < -0.3 is 4.74 Å². The van der Waals surface area contributed by atoms with E-state index >= 15 is 0 Å². The van der Waals surface area contributed by atoms with Gasteiger partial charge in [0.15, 0.2) is 6.61 Å². The molecule has 0 atom stereocenters. The minimum atomic E-state index is -0.947. The number of Topliss-reactive ketones (excluding diaryl/α,β-unsaturated/α-hetero) is 1. The highest BCUT2D eigenvalue weighted by molar-refractivity contribution is 9.10. The Morgan fingerprint density at radius 2 is 1.70 bits per heavy atom. The van der Waals surface area contributed by atoms with E-state index in [-0.39, 0.29) is 11.3 Å². The number of ether oxygens (including phenoxy) is 1. The molecule has 6 heteroatoms. The minimum Gasteiger partial charge on any atom is -0.484 e. The second-order valence-electron chi connectivity index (χ2n) is 3.91. The lowest BCUT2D eigenvalue weighted by atomic mass is 10.1. The SMILES string of the molecule is O=C(COc1ccc(F)cc1Br)c1ccc(F)cc1F. The van der Waals surface area contributed by atoms with Crippen molar-refractivity contribution in [3.63, 3.8) is 0 Å². The van der Waals surface area contributed by atoms with E-state index in [4.69, 9.17) is 4.74 Å². The lowest BCUT2D eigenvalue weighted by Gasteiger charge is -2.08. The Labute approximate surface area is 121 Å². The molecular formula is C14H8BrF3O2. The quantitative estimate of drug-likeness (QED) is 0.779. The van der Waals surface area contributed by atoms with Crippen molar-refractivity contribution in [1.29, 1.82) is 0 Å². The van der Waals surface area contributed by atoms with Crippen LogP contribution in [-0.2, 0) is 0 Å². The normalized spacial score (nSPS) is 10.4. The summed E-state index contributed by atoms with van der Waals surface area (Å²) in [7, 11) is 0. The molecule has 2 aromatic rings. The summed E-state index contributed by atoms with van der Waals surface area (Å²) >= 11 is 3.08. The number of hydrogen-bond donors (Lipinski definition) is 0. The molecule has 2 aromatic carbocycles. The van der Waals surface area contributed by atoms with Gasteiger partial charge in [0.25, 0.3) is 0 Å². The summed E-state index contributed by atoms with van der Waals surface area (Å²) < 4.78 is 44.5. The third kappa shape index (κ3) is 3.39. The maximum atomic E-state index is 13.4. The topological polar surface area (TPSA) is 26.3 Å². The van der Waals surface area contributed by atoms with E-state index < -0.39 is 29.8 Å². The molecule has 0 heterocycles. The van der Waals surface area contributed by atoms with Gasteiger partial charge in [0, 0.05) is 6.07 Å². The van der Waals surface area contributed by atoms with Crippen molar-refractivity contribution in [3.05, 3.63) is 63.9 Å². The zero-order valence-corrected chi connectivity index (χ0v) is 11.6. The van der Waals surface area contributed by atoms with Gasteiger partial charge >= 0.3 is 0 Å². The van der Waals surface area contributed by atoms with Gasteiger partial charge in [-0.2, -0.15) is 0 Å². The van der Waals surface area contributed by atoms with Gasteiger partial charge in [0.1, 0.15) is 23.2 Å². The summed E-state index contributed by atoms with van der Waals surface area (Å²) in [6.07, 6.45) is 0. The molecule has 2 rings (SSSR count). The lowest BCUT2D eigenvalue weighted by molar-refractivity contribution is 0.0917. The Kier molecular flexibility index (Phi) is 4.44. The van der Waals surface area contributed by atoms with Gasteiger partial charge in [-0.15, -0.1) is 0 Å². The van der Waals surface area contributed by atoms with Crippen molar-refractivity contribution in [2.75, 3.05) is 6.61 Å². The first kappa shape index (κ1) is 14.6. The molecule has 0 radical (unpaired) electrons. The van der Waals surface area contributed by atoms with Crippen LogP contribution < -0.4 is 4.74 Å². The Balaban J connectivity index is 2.08. The zero-order valence-electron chi connectivity index (χ0n) is 10.00. The summed E-state index contributed by atoms with van der Waals surface area (Å²) in [6, 6.07) is 6.36. The fourth-order valence-corrected chi connectivity index (χ4v) is 1.99. The second-order valence-corrected chi connectivity index (χ2v) is 4.77. The molecule has 0 spiro atoms. The Morgan fingerprint density at radius 3 is 2.35 bits per heavy atom. The highest BCUT2D eigenvalue weighted by Crippen LogP contribution is 2.25. The first-order valence-electron chi connectivity index (χ1n) is 5.53. The van der Waals surface area contributed by atoms with Gasteiger partial charge in [-0.1, -0.05) is 0 Å². The Bertz CT molecular complexity index is 659. The Hall–Kier alpha value is -1.82. The van der Waals surface area contributed by atoms with Crippen LogP contribution in [0, 0.1) is 17.5 Å². The summed E-state index contributed by atoms with van der Waals surface area (Å²) in [4.78, 5) is 11.8. The standard InChI is InChI=1S/C14H8BrF3O2/c15-11-5-8(16)2-4-14(11)20-7-13(19)10-3-1-9(17)6-12(10)18/h1-6H,7H2. The number of benzene rings is 2. The minimum absolute atomic E-state index is 0.252. The molecule has 0 saturated heterocycles. The molecule has 0 aliphatic heterocycles. The second kappa shape index (κ2) is 6.09. The van der Waals surface area contributed by atoms with Crippen LogP contribution in [0.5, 0.6) is 5.75 Å². The van der Waals surface area contributed by atoms with E-state index in [1.54, 1.807) is 0 Å². The van der Waals surface area contributed by atoms with Crippen LogP contribution in [0.2, 0.25) is 0 Å². The maximum absolute atomic E-state index is 13.4. The number of carbonyl (C=O) groups is 1. The molecule has 20 heavy (non-hydrogen) atoms. The largest absolute Gasteiger partial charge is 0.484 e. The third-order valence-electron chi connectivity index (χ3n) is 2.48. The van der Waals surface area contributed by atoms with Crippen molar-refractivity contribution in [3.8, 4) is 5.75 Å². The van der Waals surface area contributed by atoms with E-state index in [0.29, 0.717) is 10.5 Å². The highest BCUT2D eigenvalue weighted by atomic mass is 79.9. The third-order valence-corrected chi connectivity index (χ3v) is 3.10. The fourth-order valence-electron chi connectivity index (χ4n) is 1.53. The van der Waals surface area contributed by atoms with E-state index in [1.165, 1.54) is 18.2 Å².